The third-order valence-corrected chi connectivity index (χ3v) is 22.0. The maximum absolute atomic E-state index is 5.68. The number of hydrogen-bond acceptors (Lipinski definition) is 2. The summed E-state index contributed by atoms with van der Waals surface area (Å²) in [6, 6.07) is 41.8. The molecule has 11 rings (SSSR count). The van der Waals surface area contributed by atoms with Crippen molar-refractivity contribution in [1.29, 1.82) is 0 Å². The molecule has 4 nitrogen and oxygen atoms in total. The quantitative estimate of drug-likeness (QED) is 0.0403. The molecule has 7 aromatic rings. The van der Waals surface area contributed by atoms with Crippen molar-refractivity contribution in [2.75, 3.05) is 0 Å². The summed E-state index contributed by atoms with van der Waals surface area (Å²) in [5.74, 6) is 0. The molecule has 2 N–H and O–H groups in total. The summed E-state index contributed by atoms with van der Waals surface area (Å²) in [5.41, 5.74) is 23.7. The van der Waals surface area contributed by atoms with Crippen LogP contribution >= 0.6 is 31.9 Å². The van der Waals surface area contributed by atoms with Gasteiger partial charge in [-0.2, -0.15) is 0 Å². The molecule has 0 amide bonds. The van der Waals surface area contributed by atoms with Crippen LogP contribution in [0, 0.1) is 0 Å². The van der Waals surface area contributed by atoms with E-state index in [1.807, 2.05) is 0 Å². The lowest BCUT2D eigenvalue weighted by Crippen LogP contribution is -2.26. The highest BCUT2D eigenvalue weighted by Gasteiger charge is 2.45. The Labute approximate surface area is 539 Å². The van der Waals surface area contributed by atoms with E-state index < -0.39 is 0 Å². The van der Waals surface area contributed by atoms with Crippen molar-refractivity contribution in [1.82, 2.24) is 19.9 Å². The number of halogens is 2. The van der Waals surface area contributed by atoms with Gasteiger partial charge < -0.3 is 9.97 Å². The second-order valence-corrected chi connectivity index (χ2v) is 28.0. The minimum absolute atomic E-state index is 0.119. The molecule has 87 heavy (non-hydrogen) atoms. The highest BCUT2D eigenvalue weighted by atomic mass is 79.9. The SMILES string of the molecule is CCCCCCCCCCCCCCCCC1(CCCCCCCCCC)c2ccccc2-c2cccc(-c3c4nc(c(Br)c5ccc([nH]5)c(-c5cccc6c5C(C)(CCCCCCCC)c5ccccc5-6)c5nc(c(Br)c6ccc3[nH]6)C=C5)C=C4)c21. The molecule has 3 aromatic heterocycles. The Kier molecular flexibility index (Phi) is 21.9. The Morgan fingerprint density at radius 2 is 0.655 bits per heavy atom. The number of nitrogens with one attached hydrogen (secondary N) is 2. The zero-order valence-electron chi connectivity index (χ0n) is 53.3. The lowest BCUT2D eigenvalue weighted by Gasteiger charge is -2.34. The predicted octanol–water partition coefficient (Wildman–Crippen LogP) is 26.2. The molecular weight excluding hydrogens is 1190 g/mol. The maximum atomic E-state index is 5.68. The molecule has 2 aliphatic carbocycles. The second-order valence-electron chi connectivity index (χ2n) is 26.4. The molecule has 4 aliphatic rings. The second kappa shape index (κ2) is 30.3. The van der Waals surface area contributed by atoms with E-state index in [1.165, 1.54) is 235 Å². The summed E-state index contributed by atoms with van der Waals surface area (Å²) in [4.78, 5) is 19.3. The van der Waals surface area contributed by atoms with Gasteiger partial charge in [-0.15, -0.1) is 0 Å². The first-order chi connectivity index (χ1) is 42.8. The zero-order chi connectivity index (χ0) is 60.0. The van der Waals surface area contributed by atoms with E-state index in [-0.39, 0.29) is 10.8 Å². The van der Waals surface area contributed by atoms with E-state index in [9.17, 15) is 0 Å². The van der Waals surface area contributed by atoms with Crippen LogP contribution in [0.1, 0.15) is 272 Å². The van der Waals surface area contributed by atoms with Crippen molar-refractivity contribution >= 4 is 78.2 Å². The van der Waals surface area contributed by atoms with Gasteiger partial charge >= 0.3 is 0 Å². The van der Waals surface area contributed by atoms with Crippen LogP contribution in [0.15, 0.2) is 118 Å². The van der Waals surface area contributed by atoms with E-state index >= 15 is 0 Å². The molecule has 0 saturated heterocycles. The zero-order valence-corrected chi connectivity index (χ0v) is 56.4. The molecule has 4 aromatic carbocycles. The van der Waals surface area contributed by atoms with Gasteiger partial charge in [0.1, 0.15) is 0 Å². The van der Waals surface area contributed by atoms with E-state index in [0.717, 1.165) is 84.2 Å². The molecule has 2 atom stereocenters. The lowest BCUT2D eigenvalue weighted by molar-refractivity contribution is 0.397. The van der Waals surface area contributed by atoms with Crippen molar-refractivity contribution in [2.45, 2.75) is 238 Å². The van der Waals surface area contributed by atoms with Crippen LogP contribution in [-0.4, -0.2) is 19.9 Å². The van der Waals surface area contributed by atoms with Crippen LogP contribution in [0.25, 0.3) is 90.9 Å². The molecule has 0 saturated carbocycles. The minimum atomic E-state index is -0.162. The molecule has 0 fully saturated rings. The summed E-state index contributed by atoms with van der Waals surface area (Å²) < 4.78 is 1.88. The van der Waals surface area contributed by atoms with Gasteiger partial charge in [-0.1, -0.05) is 292 Å². The van der Waals surface area contributed by atoms with Crippen LogP contribution in [0.5, 0.6) is 0 Å². The van der Waals surface area contributed by atoms with Crippen molar-refractivity contribution < 1.29 is 0 Å². The van der Waals surface area contributed by atoms with Crippen LogP contribution < -0.4 is 0 Å². The van der Waals surface area contributed by atoms with Gasteiger partial charge in [0.2, 0.25) is 0 Å². The fourth-order valence-corrected chi connectivity index (χ4v) is 16.6. The number of benzene rings is 4. The molecule has 0 spiro atoms. The number of aromatic amines is 2. The van der Waals surface area contributed by atoms with Gasteiger partial charge in [0.05, 0.1) is 42.8 Å². The molecule has 2 unspecified atom stereocenters. The predicted molar refractivity (Wildman–Crippen MR) is 383 cm³/mol. The average Bonchev–Trinajstić information content (AvgIpc) is 1.62. The van der Waals surface area contributed by atoms with Crippen LogP contribution in [0.4, 0.5) is 0 Å². The van der Waals surface area contributed by atoms with E-state index in [0.29, 0.717) is 0 Å². The van der Waals surface area contributed by atoms with Gasteiger partial charge in [-0.05, 0) is 155 Å². The van der Waals surface area contributed by atoms with Crippen molar-refractivity contribution in [3.05, 3.63) is 163 Å². The number of nitrogens with zero attached hydrogens (tertiary/aromatic N) is 2. The molecule has 0 radical (unpaired) electrons. The summed E-state index contributed by atoms with van der Waals surface area (Å²) in [7, 11) is 0. The topological polar surface area (TPSA) is 57.4 Å². The lowest BCUT2D eigenvalue weighted by atomic mass is 9.68. The Morgan fingerprint density at radius 3 is 1.11 bits per heavy atom. The van der Waals surface area contributed by atoms with Gasteiger partial charge in [0.15, 0.2) is 0 Å². The highest BCUT2D eigenvalue weighted by molar-refractivity contribution is 9.11. The Balaban J connectivity index is 0.991. The molecule has 5 heterocycles. The number of fused-ring (bicyclic) bond motifs is 14. The summed E-state index contributed by atoms with van der Waals surface area (Å²) in [5, 5.41) is 0. The summed E-state index contributed by atoms with van der Waals surface area (Å²) in [6.45, 7) is 9.45. The Morgan fingerprint density at radius 1 is 0.322 bits per heavy atom. The fraction of sp³-hybridized carbons (Fsp3) is 0.457. The van der Waals surface area contributed by atoms with Gasteiger partial charge in [-0.3, -0.25) is 0 Å². The maximum Gasteiger partial charge on any atom is 0.0801 e. The average molecular weight is 1290 g/mol. The molecule has 2 aliphatic heterocycles. The highest BCUT2D eigenvalue weighted by Crippen LogP contribution is 2.59. The number of rotatable bonds is 33. The van der Waals surface area contributed by atoms with Crippen molar-refractivity contribution in [3.63, 3.8) is 0 Å². The molecular formula is C81H98Br2N4. The smallest absolute Gasteiger partial charge is 0.0801 e. The van der Waals surface area contributed by atoms with Crippen LogP contribution in [0.2, 0.25) is 0 Å². The number of hydrogen-bond donors (Lipinski definition) is 2. The first-order valence-electron chi connectivity index (χ1n) is 34.7. The van der Waals surface area contributed by atoms with E-state index in [4.69, 9.17) is 9.97 Å². The third kappa shape index (κ3) is 13.8. The van der Waals surface area contributed by atoms with E-state index in [2.05, 4.69) is 203 Å². The number of H-pyrrole nitrogens is 2. The molecule has 8 bridgehead atoms. The largest absolute Gasteiger partial charge is 0.354 e. The van der Waals surface area contributed by atoms with Gasteiger partial charge in [0.25, 0.3) is 0 Å². The van der Waals surface area contributed by atoms with Gasteiger partial charge in [-0.25, -0.2) is 9.97 Å². The first kappa shape index (κ1) is 63.0. The standard InChI is InChI=1S/C81H98Br2N4/c1-5-8-11-14-17-19-20-21-22-23-24-26-29-36-57-81(56-35-28-25-18-15-12-9-6-2)65-46-33-31-40-59(65)61-42-38-44-63(77(61)81)75-68-49-53-72(86-68)78(82)70-51-47-66(84-70)74(67-48-52-71(85-67)79(83)73-54-50-69(75)87-73)62-43-37-41-60-58-39-30-32-45-64(58)80(4,76(60)62)55-34-27-16-13-10-7-3/h30-33,37-54,84,87H,5-29,34-36,55-57H2,1-4H3. The molecule has 456 valence electrons. The number of aromatic nitrogens is 4. The fourth-order valence-electron chi connectivity index (χ4n) is 15.7. The van der Waals surface area contributed by atoms with Crippen molar-refractivity contribution in [2.24, 2.45) is 0 Å². The monoisotopic (exact) mass is 1280 g/mol. The van der Waals surface area contributed by atoms with Crippen molar-refractivity contribution in [3.8, 4) is 44.5 Å². The van der Waals surface area contributed by atoms with E-state index in [1.54, 1.807) is 0 Å². The Bertz CT molecular complexity index is 3700. The summed E-state index contributed by atoms with van der Waals surface area (Å²) in [6.07, 6.45) is 49.7. The normalized spacial score (nSPS) is 16.2. The Hall–Kier alpha value is -5.56. The first-order valence-corrected chi connectivity index (χ1v) is 36.3. The number of unbranched alkanes of at least 4 members (excludes halogenated alkanes) is 25. The minimum Gasteiger partial charge on any atom is -0.354 e. The third-order valence-electron chi connectivity index (χ3n) is 20.3. The van der Waals surface area contributed by atoms with Gasteiger partial charge in [0, 0.05) is 33.0 Å². The van der Waals surface area contributed by atoms with Crippen LogP contribution in [-0.2, 0) is 10.8 Å². The van der Waals surface area contributed by atoms with Crippen LogP contribution in [0.3, 0.4) is 0 Å². The summed E-state index contributed by atoms with van der Waals surface area (Å²) >= 11 is 8.37. The molecule has 6 heteroatoms.